The van der Waals surface area contributed by atoms with E-state index in [4.69, 9.17) is 27.9 Å². The Morgan fingerprint density at radius 1 is 1.10 bits per heavy atom. The Bertz CT molecular complexity index is 569. The fourth-order valence-corrected chi connectivity index (χ4v) is 2.38. The molecule has 0 aliphatic carbocycles. The molecule has 1 N–H and O–H groups in total. The molecule has 1 atom stereocenters. The SMILES string of the molecule is COc1cc(NC(C)Cc2ccc(Cl)cc2)ccc1Cl. The minimum absolute atomic E-state index is 0.294. The lowest BCUT2D eigenvalue weighted by atomic mass is 10.1. The van der Waals surface area contributed by atoms with Crippen molar-refractivity contribution < 1.29 is 4.74 Å². The number of hydrogen-bond donors (Lipinski definition) is 1. The van der Waals surface area contributed by atoms with Crippen LogP contribution in [0.5, 0.6) is 5.75 Å². The molecule has 0 fully saturated rings. The van der Waals surface area contributed by atoms with Crippen molar-refractivity contribution in [1.82, 2.24) is 0 Å². The van der Waals surface area contributed by atoms with Crippen molar-refractivity contribution in [1.29, 1.82) is 0 Å². The molecule has 0 saturated heterocycles. The Kier molecular flexibility index (Phi) is 5.16. The molecule has 106 valence electrons. The highest BCUT2D eigenvalue weighted by molar-refractivity contribution is 6.32. The number of nitrogens with one attached hydrogen (secondary N) is 1. The maximum Gasteiger partial charge on any atom is 0.139 e. The second-order valence-corrected chi connectivity index (χ2v) is 5.57. The minimum Gasteiger partial charge on any atom is -0.495 e. The predicted molar refractivity (Wildman–Crippen MR) is 86.2 cm³/mol. The number of hydrogen-bond acceptors (Lipinski definition) is 2. The van der Waals surface area contributed by atoms with Gasteiger partial charge in [0, 0.05) is 22.8 Å². The highest BCUT2D eigenvalue weighted by Crippen LogP contribution is 2.27. The van der Waals surface area contributed by atoms with Crippen LogP contribution < -0.4 is 10.1 Å². The molecule has 0 bridgehead atoms. The monoisotopic (exact) mass is 309 g/mol. The van der Waals surface area contributed by atoms with Gasteiger partial charge in [0.25, 0.3) is 0 Å². The van der Waals surface area contributed by atoms with Crippen molar-refractivity contribution in [3.63, 3.8) is 0 Å². The minimum atomic E-state index is 0.294. The molecule has 0 radical (unpaired) electrons. The van der Waals surface area contributed by atoms with E-state index in [9.17, 15) is 0 Å². The second kappa shape index (κ2) is 6.87. The van der Waals surface area contributed by atoms with Gasteiger partial charge in [-0.25, -0.2) is 0 Å². The van der Waals surface area contributed by atoms with Gasteiger partial charge in [0.1, 0.15) is 5.75 Å². The van der Waals surface area contributed by atoms with Crippen molar-refractivity contribution in [2.24, 2.45) is 0 Å². The van der Waals surface area contributed by atoms with Crippen molar-refractivity contribution in [2.45, 2.75) is 19.4 Å². The van der Waals surface area contributed by atoms with Crippen LogP contribution in [0.1, 0.15) is 12.5 Å². The van der Waals surface area contributed by atoms with E-state index < -0.39 is 0 Å². The first-order chi connectivity index (χ1) is 9.58. The van der Waals surface area contributed by atoms with E-state index in [1.54, 1.807) is 7.11 Å². The van der Waals surface area contributed by atoms with E-state index in [1.165, 1.54) is 5.56 Å². The second-order valence-electron chi connectivity index (χ2n) is 4.73. The molecule has 2 nitrogen and oxygen atoms in total. The van der Waals surface area contributed by atoms with Crippen LogP contribution in [0, 0.1) is 0 Å². The Labute approximate surface area is 129 Å². The molecule has 0 heterocycles. The summed E-state index contributed by atoms with van der Waals surface area (Å²) >= 11 is 11.9. The fraction of sp³-hybridized carbons (Fsp3) is 0.250. The summed E-state index contributed by atoms with van der Waals surface area (Å²) in [6.45, 7) is 2.13. The van der Waals surface area contributed by atoms with Gasteiger partial charge in [-0.15, -0.1) is 0 Å². The normalized spacial score (nSPS) is 12.0. The van der Waals surface area contributed by atoms with E-state index in [0.29, 0.717) is 16.8 Å². The van der Waals surface area contributed by atoms with Gasteiger partial charge in [0.2, 0.25) is 0 Å². The summed E-state index contributed by atoms with van der Waals surface area (Å²) in [5.74, 6) is 0.676. The Morgan fingerprint density at radius 3 is 2.45 bits per heavy atom. The lowest BCUT2D eigenvalue weighted by Gasteiger charge is -2.16. The number of benzene rings is 2. The molecule has 0 aromatic heterocycles. The summed E-state index contributed by atoms with van der Waals surface area (Å²) in [4.78, 5) is 0. The van der Waals surface area contributed by atoms with Crippen LogP contribution in [0.4, 0.5) is 5.69 Å². The van der Waals surface area contributed by atoms with Crippen LogP contribution in [0.2, 0.25) is 10.0 Å². The fourth-order valence-electron chi connectivity index (χ4n) is 2.06. The first kappa shape index (κ1) is 15.0. The highest BCUT2D eigenvalue weighted by atomic mass is 35.5. The summed E-state index contributed by atoms with van der Waals surface area (Å²) in [6, 6.07) is 13.9. The average molecular weight is 310 g/mol. The molecule has 20 heavy (non-hydrogen) atoms. The zero-order chi connectivity index (χ0) is 14.5. The summed E-state index contributed by atoms with van der Waals surface area (Å²) in [6.07, 6.45) is 0.919. The van der Waals surface area contributed by atoms with Crippen LogP contribution >= 0.6 is 23.2 Å². The summed E-state index contributed by atoms with van der Waals surface area (Å²) in [7, 11) is 1.61. The number of methoxy groups -OCH3 is 1. The molecule has 2 aromatic rings. The van der Waals surface area contributed by atoms with Gasteiger partial charge in [0.15, 0.2) is 0 Å². The Morgan fingerprint density at radius 2 is 1.80 bits per heavy atom. The zero-order valence-electron chi connectivity index (χ0n) is 11.5. The smallest absolute Gasteiger partial charge is 0.139 e. The molecule has 0 amide bonds. The first-order valence-corrected chi connectivity index (χ1v) is 7.18. The number of anilines is 1. The largest absolute Gasteiger partial charge is 0.495 e. The third kappa shape index (κ3) is 4.06. The van der Waals surface area contributed by atoms with Gasteiger partial charge in [0.05, 0.1) is 12.1 Å². The Balaban J connectivity index is 2.00. The number of halogens is 2. The lowest BCUT2D eigenvalue weighted by molar-refractivity contribution is 0.415. The molecule has 0 saturated carbocycles. The van der Waals surface area contributed by atoms with Gasteiger partial charge in [-0.2, -0.15) is 0 Å². The van der Waals surface area contributed by atoms with Crippen LogP contribution in [0.25, 0.3) is 0 Å². The first-order valence-electron chi connectivity index (χ1n) is 6.43. The molecular formula is C16H17Cl2NO. The predicted octanol–water partition coefficient (Wildman–Crippen LogP) is 5.05. The average Bonchev–Trinajstić information content (AvgIpc) is 2.43. The maximum absolute atomic E-state index is 6.01. The van der Waals surface area contributed by atoms with Crippen LogP contribution in [-0.4, -0.2) is 13.2 Å². The van der Waals surface area contributed by atoms with Gasteiger partial charge in [-0.3, -0.25) is 0 Å². The lowest BCUT2D eigenvalue weighted by Crippen LogP contribution is -2.18. The standard InChI is InChI=1S/C16H17Cl2NO/c1-11(9-12-3-5-13(17)6-4-12)19-14-7-8-15(18)16(10-14)20-2/h3-8,10-11,19H,9H2,1-2H3. The van der Waals surface area contributed by atoms with Gasteiger partial charge in [-0.1, -0.05) is 35.3 Å². The van der Waals surface area contributed by atoms with Gasteiger partial charge >= 0.3 is 0 Å². The maximum atomic E-state index is 6.01. The summed E-state index contributed by atoms with van der Waals surface area (Å²) < 4.78 is 5.21. The van der Waals surface area contributed by atoms with E-state index in [0.717, 1.165) is 17.1 Å². The third-order valence-corrected chi connectivity index (χ3v) is 3.58. The molecule has 0 aliphatic heterocycles. The van der Waals surface area contributed by atoms with Crippen LogP contribution in [0.15, 0.2) is 42.5 Å². The van der Waals surface area contributed by atoms with Gasteiger partial charge in [-0.05, 0) is 43.2 Å². The van der Waals surface area contributed by atoms with Crippen molar-refractivity contribution in [2.75, 3.05) is 12.4 Å². The number of rotatable bonds is 5. The van der Waals surface area contributed by atoms with E-state index in [1.807, 2.05) is 42.5 Å². The molecule has 2 rings (SSSR count). The molecule has 1 unspecified atom stereocenters. The van der Waals surface area contributed by atoms with E-state index in [2.05, 4.69) is 12.2 Å². The third-order valence-electron chi connectivity index (χ3n) is 3.02. The summed E-state index contributed by atoms with van der Waals surface area (Å²) in [5, 5.41) is 4.81. The molecule has 0 aliphatic rings. The molecule has 2 aromatic carbocycles. The molecular weight excluding hydrogens is 293 g/mol. The van der Waals surface area contributed by atoms with Crippen molar-refractivity contribution >= 4 is 28.9 Å². The van der Waals surface area contributed by atoms with Gasteiger partial charge < -0.3 is 10.1 Å². The van der Waals surface area contributed by atoms with Crippen LogP contribution in [0.3, 0.4) is 0 Å². The molecule has 4 heteroatoms. The van der Waals surface area contributed by atoms with E-state index >= 15 is 0 Å². The van der Waals surface area contributed by atoms with E-state index in [-0.39, 0.29) is 0 Å². The highest BCUT2D eigenvalue weighted by Gasteiger charge is 2.06. The zero-order valence-corrected chi connectivity index (χ0v) is 13.0. The quantitative estimate of drug-likeness (QED) is 0.835. The van der Waals surface area contributed by atoms with Crippen LogP contribution in [-0.2, 0) is 6.42 Å². The number of ether oxygens (including phenoxy) is 1. The Hall–Kier alpha value is -1.38. The summed E-state index contributed by atoms with van der Waals surface area (Å²) in [5.41, 5.74) is 2.24. The van der Waals surface area contributed by atoms with Crippen molar-refractivity contribution in [3.05, 3.63) is 58.1 Å². The topological polar surface area (TPSA) is 21.3 Å². The van der Waals surface area contributed by atoms with Crippen molar-refractivity contribution in [3.8, 4) is 5.75 Å². The molecule has 0 spiro atoms.